The van der Waals surface area contributed by atoms with Gasteiger partial charge < -0.3 is 11.1 Å². The van der Waals surface area contributed by atoms with Crippen LogP contribution in [0.15, 0.2) is 18.5 Å². The van der Waals surface area contributed by atoms with Gasteiger partial charge in [0.2, 0.25) is 5.91 Å². The molecule has 0 spiro atoms. The third-order valence-corrected chi connectivity index (χ3v) is 3.87. The van der Waals surface area contributed by atoms with E-state index >= 15 is 0 Å². The Labute approximate surface area is 108 Å². The first-order chi connectivity index (χ1) is 8.50. The quantitative estimate of drug-likeness (QED) is 0.842. The molecule has 1 saturated carbocycles. The first-order valence-corrected chi connectivity index (χ1v) is 6.51. The van der Waals surface area contributed by atoms with Gasteiger partial charge in [-0.1, -0.05) is 12.8 Å². The van der Waals surface area contributed by atoms with Gasteiger partial charge in [0, 0.05) is 11.7 Å². The second-order valence-corrected chi connectivity index (χ2v) is 5.48. The fourth-order valence-electron chi connectivity index (χ4n) is 2.60. The van der Waals surface area contributed by atoms with E-state index in [0.717, 1.165) is 36.9 Å². The van der Waals surface area contributed by atoms with Gasteiger partial charge in [-0.2, -0.15) is 0 Å². The number of aromatic nitrogens is 1. The summed E-state index contributed by atoms with van der Waals surface area (Å²) in [6.07, 6.45) is 7.39. The standard InChI is InChI=1S/C14H21N3O/c1-10-6-8-16-9-12(10)17-13(18)11-5-3-4-7-14(11,2)15/h6,8-9,11H,3-5,7,15H2,1-2H3,(H,17,18). The number of hydrogen-bond donors (Lipinski definition) is 2. The van der Waals surface area contributed by atoms with Crippen molar-refractivity contribution in [2.75, 3.05) is 5.32 Å². The molecule has 1 aromatic rings. The van der Waals surface area contributed by atoms with Crippen molar-refractivity contribution >= 4 is 11.6 Å². The summed E-state index contributed by atoms with van der Waals surface area (Å²) in [5.74, 6) is -0.0818. The number of nitrogens with zero attached hydrogens (tertiary/aromatic N) is 1. The number of nitrogens with two attached hydrogens (primary N) is 1. The van der Waals surface area contributed by atoms with E-state index in [4.69, 9.17) is 5.73 Å². The second kappa shape index (κ2) is 5.06. The van der Waals surface area contributed by atoms with Crippen LogP contribution in [0.2, 0.25) is 0 Å². The average molecular weight is 247 g/mol. The maximum absolute atomic E-state index is 12.3. The molecule has 0 radical (unpaired) electrons. The highest BCUT2D eigenvalue weighted by Crippen LogP contribution is 2.32. The van der Waals surface area contributed by atoms with E-state index in [1.807, 2.05) is 19.9 Å². The van der Waals surface area contributed by atoms with Crippen molar-refractivity contribution in [2.45, 2.75) is 45.1 Å². The highest BCUT2D eigenvalue weighted by atomic mass is 16.2. The maximum atomic E-state index is 12.3. The van der Waals surface area contributed by atoms with Crippen LogP contribution in [0.4, 0.5) is 5.69 Å². The molecule has 1 aliphatic rings. The van der Waals surface area contributed by atoms with E-state index in [-0.39, 0.29) is 11.8 Å². The number of nitrogens with one attached hydrogen (secondary N) is 1. The lowest BCUT2D eigenvalue weighted by Gasteiger charge is -2.37. The van der Waals surface area contributed by atoms with Gasteiger partial charge in [-0.15, -0.1) is 0 Å². The van der Waals surface area contributed by atoms with Gasteiger partial charge in [0.05, 0.1) is 17.8 Å². The van der Waals surface area contributed by atoms with Crippen LogP contribution in [-0.4, -0.2) is 16.4 Å². The zero-order chi connectivity index (χ0) is 13.2. The molecule has 0 bridgehead atoms. The van der Waals surface area contributed by atoms with Gasteiger partial charge in [0.25, 0.3) is 0 Å². The number of carbonyl (C=O) groups excluding carboxylic acids is 1. The molecule has 4 nitrogen and oxygen atoms in total. The Bertz CT molecular complexity index is 442. The van der Waals surface area contributed by atoms with Crippen LogP contribution < -0.4 is 11.1 Å². The van der Waals surface area contributed by atoms with Gasteiger partial charge in [-0.3, -0.25) is 9.78 Å². The maximum Gasteiger partial charge on any atom is 0.229 e. The summed E-state index contributed by atoms with van der Waals surface area (Å²) in [7, 11) is 0. The Morgan fingerprint density at radius 2 is 2.33 bits per heavy atom. The topological polar surface area (TPSA) is 68.0 Å². The molecule has 0 aromatic carbocycles. The number of aryl methyl sites for hydroxylation is 1. The van der Waals surface area contributed by atoms with Crippen molar-refractivity contribution in [3.05, 3.63) is 24.0 Å². The molecular formula is C14H21N3O. The molecule has 0 aliphatic heterocycles. The molecule has 1 aliphatic carbocycles. The molecule has 0 saturated heterocycles. The van der Waals surface area contributed by atoms with Crippen LogP contribution in [0.25, 0.3) is 0 Å². The number of anilines is 1. The molecule has 2 atom stereocenters. The predicted octanol–water partition coefficient (Wildman–Crippen LogP) is 2.24. The van der Waals surface area contributed by atoms with Crippen LogP contribution in [0.5, 0.6) is 0 Å². The van der Waals surface area contributed by atoms with Crippen LogP contribution in [-0.2, 0) is 4.79 Å². The Morgan fingerprint density at radius 1 is 1.56 bits per heavy atom. The number of carbonyl (C=O) groups is 1. The van der Waals surface area contributed by atoms with E-state index in [0.29, 0.717) is 0 Å². The third kappa shape index (κ3) is 2.70. The Kier molecular flexibility index (Phi) is 3.66. The first-order valence-electron chi connectivity index (χ1n) is 6.51. The van der Waals surface area contributed by atoms with Crippen molar-refractivity contribution in [3.63, 3.8) is 0 Å². The zero-order valence-electron chi connectivity index (χ0n) is 11.1. The Balaban J connectivity index is 2.10. The summed E-state index contributed by atoms with van der Waals surface area (Å²) in [6.45, 7) is 3.94. The van der Waals surface area contributed by atoms with Crippen molar-refractivity contribution in [1.29, 1.82) is 0 Å². The molecule has 1 fully saturated rings. The van der Waals surface area contributed by atoms with Gasteiger partial charge >= 0.3 is 0 Å². The van der Waals surface area contributed by atoms with Crippen molar-refractivity contribution in [3.8, 4) is 0 Å². The Morgan fingerprint density at radius 3 is 3.00 bits per heavy atom. The normalized spacial score (nSPS) is 27.8. The van der Waals surface area contributed by atoms with Crippen LogP contribution >= 0.6 is 0 Å². The monoisotopic (exact) mass is 247 g/mol. The molecule has 2 unspecified atom stereocenters. The molecule has 18 heavy (non-hydrogen) atoms. The summed E-state index contributed by atoms with van der Waals surface area (Å²) in [6, 6.07) is 1.89. The molecular weight excluding hydrogens is 226 g/mol. The molecule has 98 valence electrons. The predicted molar refractivity (Wildman–Crippen MR) is 72.2 cm³/mol. The summed E-state index contributed by atoms with van der Waals surface area (Å²) < 4.78 is 0. The lowest BCUT2D eigenvalue weighted by atomic mass is 9.74. The number of rotatable bonds is 2. The molecule has 1 aromatic heterocycles. The van der Waals surface area contributed by atoms with Gasteiger partial charge in [0.15, 0.2) is 0 Å². The highest BCUT2D eigenvalue weighted by Gasteiger charge is 2.37. The van der Waals surface area contributed by atoms with E-state index < -0.39 is 5.54 Å². The Hall–Kier alpha value is -1.42. The second-order valence-electron chi connectivity index (χ2n) is 5.48. The summed E-state index contributed by atoms with van der Waals surface area (Å²) in [5, 5.41) is 2.95. The van der Waals surface area contributed by atoms with Crippen LogP contribution in [0, 0.1) is 12.8 Å². The van der Waals surface area contributed by atoms with Crippen molar-refractivity contribution in [1.82, 2.24) is 4.98 Å². The molecule has 1 amide bonds. The van der Waals surface area contributed by atoms with Crippen molar-refractivity contribution in [2.24, 2.45) is 11.7 Å². The minimum absolute atomic E-state index is 0.0239. The molecule has 1 heterocycles. The largest absolute Gasteiger partial charge is 0.325 e. The molecule has 3 N–H and O–H groups in total. The van der Waals surface area contributed by atoms with Crippen LogP contribution in [0.1, 0.15) is 38.2 Å². The first kappa shape index (κ1) is 13.0. The minimum atomic E-state index is -0.390. The van der Waals surface area contributed by atoms with E-state index in [1.165, 1.54) is 0 Å². The SMILES string of the molecule is Cc1ccncc1NC(=O)C1CCCCC1(C)N. The number of hydrogen-bond acceptors (Lipinski definition) is 3. The third-order valence-electron chi connectivity index (χ3n) is 3.87. The molecule has 2 rings (SSSR count). The average Bonchev–Trinajstić information content (AvgIpc) is 2.31. The lowest BCUT2D eigenvalue weighted by Crippen LogP contribution is -2.51. The minimum Gasteiger partial charge on any atom is -0.325 e. The lowest BCUT2D eigenvalue weighted by molar-refractivity contribution is -0.122. The fraction of sp³-hybridized carbons (Fsp3) is 0.571. The van der Waals surface area contributed by atoms with Crippen molar-refractivity contribution < 1.29 is 4.79 Å². The summed E-state index contributed by atoms with van der Waals surface area (Å²) in [5.41, 5.74) is 7.65. The fourth-order valence-corrected chi connectivity index (χ4v) is 2.60. The van der Waals surface area contributed by atoms with E-state index in [9.17, 15) is 4.79 Å². The highest BCUT2D eigenvalue weighted by molar-refractivity contribution is 5.94. The summed E-state index contributed by atoms with van der Waals surface area (Å²) >= 11 is 0. The van der Waals surface area contributed by atoms with Crippen LogP contribution in [0.3, 0.4) is 0 Å². The molecule has 4 heteroatoms. The smallest absolute Gasteiger partial charge is 0.229 e. The zero-order valence-corrected chi connectivity index (χ0v) is 11.1. The summed E-state index contributed by atoms with van der Waals surface area (Å²) in [4.78, 5) is 16.4. The van der Waals surface area contributed by atoms with E-state index in [2.05, 4.69) is 10.3 Å². The van der Waals surface area contributed by atoms with Gasteiger partial charge in [0.1, 0.15) is 0 Å². The number of amides is 1. The van der Waals surface area contributed by atoms with Gasteiger partial charge in [-0.05, 0) is 38.3 Å². The number of pyridine rings is 1. The van der Waals surface area contributed by atoms with E-state index in [1.54, 1.807) is 12.4 Å². The van der Waals surface area contributed by atoms with Gasteiger partial charge in [-0.25, -0.2) is 0 Å².